The number of fused-ring (bicyclic) bond motifs is 1. The Labute approximate surface area is 202 Å². The predicted molar refractivity (Wildman–Crippen MR) is 136 cm³/mol. The highest BCUT2D eigenvalue weighted by Crippen LogP contribution is 2.25. The minimum Gasteiger partial charge on any atom is -0.321 e. The summed E-state index contributed by atoms with van der Waals surface area (Å²) >= 11 is 1.25. The van der Waals surface area contributed by atoms with Crippen LogP contribution in [0.5, 0.6) is 0 Å². The monoisotopic (exact) mass is 494 g/mol. The fraction of sp³-hybridized carbons (Fsp3) is 0.280. The van der Waals surface area contributed by atoms with E-state index in [9.17, 15) is 13.2 Å². The van der Waals surface area contributed by atoms with Crippen molar-refractivity contribution in [3.05, 3.63) is 80.9 Å². The Bertz CT molecular complexity index is 1480. The van der Waals surface area contributed by atoms with Crippen molar-refractivity contribution in [1.29, 1.82) is 0 Å². The highest BCUT2D eigenvalue weighted by Gasteiger charge is 2.19. The summed E-state index contributed by atoms with van der Waals surface area (Å²) in [4.78, 5) is 23.0. The summed E-state index contributed by atoms with van der Waals surface area (Å²) in [6.07, 6.45) is 0. The van der Waals surface area contributed by atoms with E-state index in [1.807, 2.05) is 18.2 Å². The topological polar surface area (TPSA) is 95.2 Å². The molecule has 0 spiro atoms. The van der Waals surface area contributed by atoms with E-state index in [-0.39, 0.29) is 16.2 Å². The van der Waals surface area contributed by atoms with E-state index >= 15 is 0 Å². The van der Waals surface area contributed by atoms with Crippen LogP contribution in [0, 0.1) is 0 Å². The molecule has 1 fully saturated rings. The number of hydrogen-bond donors (Lipinski definition) is 2. The number of nitrogens with zero attached hydrogens (tertiary/aromatic N) is 2. The molecule has 1 aliphatic rings. The predicted octanol–water partition coefficient (Wildman–Crippen LogP) is 3.42. The summed E-state index contributed by atoms with van der Waals surface area (Å²) in [6, 6.07) is 16.8. The Kier molecular flexibility index (Phi) is 6.35. The number of rotatable bonds is 6. The molecule has 176 valence electrons. The molecule has 3 heterocycles. The van der Waals surface area contributed by atoms with Gasteiger partial charge in [-0.1, -0.05) is 30.3 Å². The Morgan fingerprint density at radius 2 is 1.97 bits per heavy atom. The maximum atomic E-state index is 12.9. The zero-order chi connectivity index (χ0) is 23.7. The second-order valence-electron chi connectivity index (χ2n) is 8.72. The van der Waals surface area contributed by atoms with Gasteiger partial charge in [0.2, 0.25) is 0 Å². The Morgan fingerprint density at radius 3 is 2.76 bits per heavy atom. The van der Waals surface area contributed by atoms with E-state index in [1.54, 1.807) is 35.7 Å². The standard InChI is InChI=1S/C25H26N4O3S2/c1-17-13-29(10-9-26-17)14-18-7-8-19-12-21(25(30)28-22(19)11-18)23-15-33-24(27-23)16-34(31,32)20-5-3-2-4-6-20/h2-8,11-12,15,17,26H,9-10,13-14,16H2,1H3,(H,28,30). The van der Waals surface area contributed by atoms with Crippen LogP contribution >= 0.6 is 11.3 Å². The van der Waals surface area contributed by atoms with Gasteiger partial charge in [-0.3, -0.25) is 9.69 Å². The fourth-order valence-electron chi connectivity index (χ4n) is 4.33. The summed E-state index contributed by atoms with van der Waals surface area (Å²) in [7, 11) is -3.49. The molecule has 1 unspecified atom stereocenters. The molecule has 34 heavy (non-hydrogen) atoms. The molecule has 5 rings (SSSR count). The van der Waals surface area contributed by atoms with E-state index < -0.39 is 9.84 Å². The van der Waals surface area contributed by atoms with Gasteiger partial charge in [0, 0.05) is 43.1 Å². The third-order valence-corrected chi connectivity index (χ3v) is 8.69. The maximum Gasteiger partial charge on any atom is 0.257 e. The second-order valence-corrected chi connectivity index (χ2v) is 11.7. The van der Waals surface area contributed by atoms with Gasteiger partial charge in [0.25, 0.3) is 5.56 Å². The fourth-order valence-corrected chi connectivity index (χ4v) is 6.77. The van der Waals surface area contributed by atoms with Crippen LogP contribution in [0.3, 0.4) is 0 Å². The van der Waals surface area contributed by atoms with Gasteiger partial charge >= 0.3 is 0 Å². The SMILES string of the molecule is CC1CN(Cc2ccc3cc(-c4csc(CS(=O)(=O)c5ccccc5)n4)c(=O)[nH]c3c2)CCN1. The summed E-state index contributed by atoms with van der Waals surface area (Å²) < 4.78 is 25.3. The molecule has 0 radical (unpaired) electrons. The smallest absolute Gasteiger partial charge is 0.257 e. The second kappa shape index (κ2) is 9.42. The molecule has 4 aromatic rings. The minimum absolute atomic E-state index is 0.193. The number of benzene rings is 2. The largest absolute Gasteiger partial charge is 0.321 e. The zero-order valence-corrected chi connectivity index (χ0v) is 20.5. The molecule has 1 aliphatic heterocycles. The van der Waals surface area contributed by atoms with Crippen LogP contribution in [0.15, 0.2) is 69.7 Å². The maximum absolute atomic E-state index is 12.9. The molecule has 9 heteroatoms. The first-order valence-corrected chi connectivity index (χ1v) is 13.7. The van der Waals surface area contributed by atoms with Gasteiger partial charge in [-0.25, -0.2) is 13.4 Å². The van der Waals surface area contributed by atoms with Gasteiger partial charge in [0.1, 0.15) is 10.8 Å². The van der Waals surface area contributed by atoms with Crippen molar-refractivity contribution in [2.75, 3.05) is 19.6 Å². The zero-order valence-electron chi connectivity index (χ0n) is 18.8. The number of sulfone groups is 1. The van der Waals surface area contributed by atoms with E-state index in [0.29, 0.717) is 22.3 Å². The molecule has 1 saturated heterocycles. The lowest BCUT2D eigenvalue weighted by molar-refractivity contribution is 0.200. The molecular formula is C25H26N4O3S2. The van der Waals surface area contributed by atoms with Crippen LogP contribution in [-0.4, -0.2) is 49.0 Å². The number of aromatic amines is 1. The van der Waals surface area contributed by atoms with Crippen LogP contribution < -0.4 is 10.9 Å². The first-order valence-electron chi connectivity index (χ1n) is 11.2. The van der Waals surface area contributed by atoms with E-state index in [4.69, 9.17) is 0 Å². The highest BCUT2D eigenvalue weighted by atomic mass is 32.2. The lowest BCUT2D eigenvalue weighted by Gasteiger charge is -2.31. The Morgan fingerprint density at radius 1 is 1.15 bits per heavy atom. The van der Waals surface area contributed by atoms with Gasteiger partial charge in [-0.15, -0.1) is 11.3 Å². The van der Waals surface area contributed by atoms with Crippen LogP contribution in [0.2, 0.25) is 0 Å². The molecule has 0 saturated carbocycles. The highest BCUT2D eigenvalue weighted by molar-refractivity contribution is 7.90. The average Bonchev–Trinajstić information content (AvgIpc) is 3.26. The first-order chi connectivity index (χ1) is 16.4. The molecule has 2 aromatic carbocycles. The lowest BCUT2D eigenvalue weighted by atomic mass is 10.1. The summed E-state index contributed by atoms with van der Waals surface area (Å²) in [5.41, 5.74) is 2.65. The lowest BCUT2D eigenvalue weighted by Crippen LogP contribution is -2.48. The molecule has 0 bridgehead atoms. The van der Waals surface area contributed by atoms with Crippen molar-refractivity contribution < 1.29 is 8.42 Å². The number of hydrogen-bond acceptors (Lipinski definition) is 7. The van der Waals surface area contributed by atoms with Crippen LogP contribution in [0.1, 0.15) is 17.5 Å². The molecular weight excluding hydrogens is 468 g/mol. The van der Waals surface area contributed by atoms with Gasteiger partial charge < -0.3 is 10.3 Å². The van der Waals surface area contributed by atoms with Crippen molar-refractivity contribution in [2.45, 2.75) is 30.2 Å². The molecule has 2 N–H and O–H groups in total. The van der Waals surface area contributed by atoms with Crippen molar-refractivity contribution in [3.63, 3.8) is 0 Å². The van der Waals surface area contributed by atoms with Crippen LogP contribution in [0.25, 0.3) is 22.2 Å². The Balaban J connectivity index is 1.37. The molecule has 0 aliphatic carbocycles. The van der Waals surface area contributed by atoms with Gasteiger partial charge in [0.05, 0.1) is 16.2 Å². The number of pyridine rings is 1. The molecule has 2 aromatic heterocycles. The van der Waals surface area contributed by atoms with E-state index in [0.717, 1.165) is 42.6 Å². The molecule has 7 nitrogen and oxygen atoms in total. The average molecular weight is 495 g/mol. The number of nitrogens with one attached hydrogen (secondary N) is 2. The van der Waals surface area contributed by atoms with Gasteiger partial charge in [-0.2, -0.15) is 0 Å². The summed E-state index contributed by atoms with van der Waals surface area (Å²) in [5.74, 6) is -0.193. The van der Waals surface area contributed by atoms with Crippen molar-refractivity contribution in [3.8, 4) is 11.3 Å². The molecule has 1 atom stereocenters. The van der Waals surface area contributed by atoms with Crippen LogP contribution in [0.4, 0.5) is 0 Å². The minimum atomic E-state index is -3.49. The number of piperazine rings is 1. The number of aromatic nitrogens is 2. The van der Waals surface area contributed by atoms with Gasteiger partial charge in [-0.05, 0) is 42.1 Å². The Hall–Kier alpha value is -2.85. The van der Waals surface area contributed by atoms with Crippen molar-refractivity contribution in [2.24, 2.45) is 0 Å². The van der Waals surface area contributed by atoms with Crippen molar-refractivity contribution >= 4 is 32.1 Å². The summed E-state index contributed by atoms with van der Waals surface area (Å²) in [5, 5.41) is 6.57. The quantitative estimate of drug-likeness (QED) is 0.427. The van der Waals surface area contributed by atoms with Gasteiger partial charge in [0.15, 0.2) is 9.84 Å². The normalized spacial score (nSPS) is 17.3. The third kappa shape index (κ3) is 4.97. The van der Waals surface area contributed by atoms with Crippen molar-refractivity contribution in [1.82, 2.24) is 20.2 Å². The van der Waals surface area contributed by atoms with Crippen LogP contribution in [-0.2, 0) is 22.1 Å². The number of thiazole rings is 1. The first kappa shape index (κ1) is 22.9. The molecule has 0 amide bonds. The number of H-pyrrole nitrogens is 1. The van der Waals surface area contributed by atoms with E-state index in [1.165, 1.54) is 11.3 Å². The third-order valence-electron chi connectivity index (χ3n) is 6.01. The van der Waals surface area contributed by atoms with E-state index in [2.05, 4.69) is 33.2 Å². The summed E-state index contributed by atoms with van der Waals surface area (Å²) in [6.45, 7) is 6.02.